The van der Waals surface area contributed by atoms with Gasteiger partial charge < -0.3 is 28.8 Å². The highest BCUT2D eigenvalue weighted by Crippen LogP contribution is 2.45. The molecule has 0 saturated carbocycles. The zero-order valence-electron chi connectivity index (χ0n) is 12.0. The first-order valence-corrected chi connectivity index (χ1v) is 6.67. The molecule has 6 heteroatoms. The zero-order valence-corrected chi connectivity index (χ0v) is 12.0. The van der Waals surface area contributed by atoms with Crippen LogP contribution in [-0.4, -0.2) is 53.5 Å². The average Bonchev–Trinajstić information content (AvgIpc) is 2.81. The van der Waals surface area contributed by atoms with Gasteiger partial charge in [0.15, 0.2) is 17.4 Å². The molecule has 0 aromatic rings. The molecule has 0 amide bonds. The third-order valence-corrected chi connectivity index (χ3v) is 3.75. The van der Waals surface area contributed by atoms with Crippen LogP contribution in [0.2, 0.25) is 0 Å². The van der Waals surface area contributed by atoms with Crippen molar-refractivity contribution in [1.82, 2.24) is 0 Å². The van der Waals surface area contributed by atoms with E-state index in [0.717, 1.165) is 0 Å². The van der Waals surface area contributed by atoms with Crippen molar-refractivity contribution in [2.24, 2.45) is 0 Å². The molecule has 0 spiro atoms. The van der Waals surface area contributed by atoms with Gasteiger partial charge in [0.05, 0.1) is 6.61 Å². The van der Waals surface area contributed by atoms with Gasteiger partial charge in [-0.3, -0.25) is 0 Å². The van der Waals surface area contributed by atoms with Gasteiger partial charge in [-0.25, -0.2) is 0 Å². The molecule has 0 aromatic carbocycles. The SMILES string of the molecule is CC1(C)OC[C@H]([C@H]2O[C@](C)(O)[C@H]3OC(C)(C)O[C@@H]23)O1. The van der Waals surface area contributed by atoms with Crippen LogP contribution < -0.4 is 0 Å². The maximum Gasteiger partial charge on any atom is 0.192 e. The van der Waals surface area contributed by atoms with E-state index in [1.807, 2.05) is 27.7 Å². The zero-order chi connectivity index (χ0) is 14.1. The molecular weight excluding hydrogens is 252 g/mol. The molecule has 1 N–H and O–H groups in total. The van der Waals surface area contributed by atoms with Crippen molar-refractivity contribution < 1.29 is 28.8 Å². The fourth-order valence-corrected chi connectivity index (χ4v) is 3.02. The van der Waals surface area contributed by atoms with Gasteiger partial charge in [-0.2, -0.15) is 0 Å². The minimum atomic E-state index is -1.38. The molecule has 0 bridgehead atoms. The largest absolute Gasteiger partial charge is 0.364 e. The molecule has 0 aromatic heterocycles. The second-order valence-electron chi connectivity index (χ2n) is 6.52. The van der Waals surface area contributed by atoms with Gasteiger partial charge in [0.25, 0.3) is 0 Å². The van der Waals surface area contributed by atoms with Crippen molar-refractivity contribution in [1.29, 1.82) is 0 Å². The Kier molecular flexibility index (Phi) is 2.82. The highest BCUT2D eigenvalue weighted by molar-refractivity contribution is 5.03. The van der Waals surface area contributed by atoms with Gasteiger partial charge in [-0.1, -0.05) is 0 Å². The average molecular weight is 274 g/mol. The van der Waals surface area contributed by atoms with E-state index in [9.17, 15) is 5.11 Å². The molecule has 3 saturated heterocycles. The van der Waals surface area contributed by atoms with Crippen molar-refractivity contribution >= 4 is 0 Å². The van der Waals surface area contributed by atoms with E-state index >= 15 is 0 Å². The molecule has 0 aliphatic carbocycles. The molecule has 19 heavy (non-hydrogen) atoms. The minimum Gasteiger partial charge on any atom is -0.364 e. The van der Waals surface area contributed by atoms with Crippen molar-refractivity contribution in [2.45, 2.75) is 76.4 Å². The summed E-state index contributed by atoms with van der Waals surface area (Å²) in [5, 5.41) is 10.3. The van der Waals surface area contributed by atoms with E-state index in [4.69, 9.17) is 23.7 Å². The van der Waals surface area contributed by atoms with E-state index < -0.39 is 29.6 Å². The van der Waals surface area contributed by atoms with Crippen molar-refractivity contribution in [3.05, 3.63) is 0 Å². The highest BCUT2D eigenvalue weighted by Gasteiger charge is 2.63. The number of hydrogen-bond donors (Lipinski definition) is 1. The molecular formula is C13H22O6. The second-order valence-corrected chi connectivity index (χ2v) is 6.52. The lowest BCUT2D eigenvalue weighted by Crippen LogP contribution is -2.41. The smallest absolute Gasteiger partial charge is 0.192 e. The monoisotopic (exact) mass is 274 g/mol. The molecule has 3 fully saturated rings. The molecule has 3 rings (SSSR count). The number of ether oxygens (including phenoxy) is 5. The molecule has 0 unspecified atom stereocenters. The van der Waals surface area contributed by atoms with Gasteiger partial charge in [0.1, 0.15) is 24.4 Å². The third-order valence-electron chi connectivity index (χ3n) is 3.75. The summed E-state index contributed by atoms with van der Waals surface area (Å²) in [6, 6.07) is 0. The molecule has 0 radical (unpaired) electrons. The van der Waals surface area contributed by atoms with E-state index in [0.29, 0.717) is 6.61 Å². The summed E-state index contributed by atoms with van der Waals surface area (Å²) in [4.78, 5) is 0. The lowest BCUT2D eigenvalue weighted by molar-refractivity contribution is -0.277. The summed E-state index contributed by atoms with van der Waals surface area (Å²) >= 11 is 0. The topological polar surface area (TPSA) is 66.4 Å². The van der Waals surface area contributed by atoms with Crippen molar-refractivity contribution in [3.8, 4) is 0 Å². The highest BCUT2D eigenvalue weighted by atomic mass is 16.8. The summed E-state index contributed by atoms with van der Waals surface area (Å²) in [6.07, 6.45) is -1.54. The van der Waals surface area contributed by atoms with E-state index in [-0.39, 0.29) is 12.2 Å². The number of aliphatic hydroxyl groups is 1. The van der Waals surface area contributed by atoms with Crippen LogP contribution in [0, 0.1) is 0 Å². The number of hydrogen-bond acceptors (Lipinski definition) is 6. The molecule has 5 atom stereocenters. The first-order valence-electron chi connectivity index (χ1n) is 6.67. The van der Waals surface area contributed by atoms with Crippen LogP contribution >= 0.6 is 0 Å². The standard InChI is InChI=1S/C13H22O6/c1-11(2)15-6-7(16-11)8-9-10(13(5,14)18-8)19-12(3,4)17-9/h7-10,14H,6H2,1-5H3/t7-,8-,9+,10+,13+/m1/s1. The first kappa shape index (κ1) is 13.7. The van der Waals surface area contributed by atoms with Gasteiger partial charge in [0, 0.05) is 0 Å². The quantitative estimate of drug-likeness (QED) is 0.761. The second kappa shape index (κ2) is 3.90. The Morgan fingerprint density at radius 1 is 0.842 bits per heavy atom. The van der Waals surface area contributed by atoms with Crippen LogP contribution in [-0.2, 0) is 23.7 Å². The Hall–Kier alpha value is -0.240. The molecule has 3 aliphatic heterocycles. The Balaban J connectivity index is 1.80. The van der Waals surface area contributed by atoms with Crippen LogP contribution in [0.1, 0.15) is 34.6 Å². The Morgan fingerprint density at radius 3 is 2.11 bits per heavy atom. The van der Waals surface area contributed by atoms with Crippen molar-refractivity contribution in [2.75, 3.05) is 6.61 Å². The summed E-state index contributed by atoms with van der Waals surface area (Å²) in [5.74, 6) is -2.73. The Labute approximate surface area is 112 Å². The van der Waals surface area contributed by atoms with E-state index in [2.05, 4.69) is 0 Å². The fraction of sp³-hybridized carbons (Fsp3) is 1.00. The fourth-order valence-electron chi connectivity index (χ4n) is 3.02. The summed E-state index contributed by atoms with van der Waals surface area (Å²) in [7, 11) is 0. The van der Waals surface area contributed by atoms with E-state index in [1.54, 1.807) is 6.92 Å². The van der Waals surface area contributed by atoms with Crippen LogP contribution in [0.15, 0.2) is 0 Å². The number of rotatable bonds is 1. The lowest BCUT2D eigenvalue weighted by atomic mass is 10.0. The normalized spacial score (nSPS) is 51.5. The van der Waals surface area contributed by atoms with Gasteiger partial charge >= 0.3 is 0 Å². The maximum absolute atomic E-state index is 10.3. The first-order chi connectivity index (χ1) is 8.60. The summed E-state index contributed by atoms with van der Waals surface area (Å²) in [6.45, 7) is 9.38. The Morgan fingerprint density at radius 2 is 1.53 bits per heavy atom. The van der Waals surface area contributed by atoms with E-state index in [1.165, 1.54) is 0 Å². The maximum atomic E-state index is 10.3. The summed E-state index contributed by atoms with van der Waals surface area (Å²) < 4.78 is 28.6. The molecule has 3 aliphatic rings. The van der Waals surface area contributed by atoms with Crippen LogP contribution in [0.25, 0.3) is 0 Å². The number of fused-ring (bicyclic) bond motifs is 1. The third kappa shape index (κ3) is 2.30. The minimum absolute atomic E-state index is 0.269. The summed E-state index contributed by atoms with van der Waals surface area (Å²) in [5.41, 5.74) is 0. The van der Waals surface area contributed by atoms with Gasteiger partial charge in [0.2, 0.25) is 0 Å². The van der Waals surface area contributed by atoms with Crippen molar-refractivity contribution in [3.63, 3.8) is 0 Å². The van der Waals surface area contributed by atoms with Crippen LogP contribution in [0.3, 0.4) is 0 Å². The molecule has 110 valence electrons. The van der Waals surface area contributed by atoms with Crippen LogP contribution in [0.5, 0.6) is 0 Å². The molecule has 3 heterocycles. The van der Waals surface area contributed by atoms with Crippen LogP contribution in [0.4, 0.5) is 0 Å². The van der Waals surface area contributed by atoms with Gasteiger partial charge in [-0.15, -0.1) is 0 Å². The predicted molar refractivity (Wildman–Crippen MR) is 64.2 cm³/mol. The molecule has 6 nitrogen and oxygen atoms in total. The Bertz CT molecular complexity index is 377. The lowest BCUT2D eigenvalue weighted by Gasteiger charge is -2.28. The predicted octanol–water partition coefficient (Wildman–Crippen LogP) is 0.765. The van der Waals surface area contributed by atoms with Gasteiger partial charge in [-0.05, 0) is 34.6 Å².